The van der Waals surface area contributed by atoms with Crippen LogP contribution in [0.3, 0.4) is 0 Å². The van der Waals surface area contributed by atoms with Crippen molar-refractivity contribution in [3.05, 3.63) is 78.2 Å². The Hall–Kier alpha value is -3.95. The van der Waals surface area contributed by atoms with E-state index in [1.807, 2.05) is 6.07 Å². The number of fused-ring (bicyclic) bond motifs is 1. The molecule has 1 fully saturated rings. The maximum absolute atomic E-state index is 13.4. The highest BCUT2D eigenvalue weighted by Gasteiger charge is 2.34. The summed E-state index contributed by atoms with van der Waals surface area (Å²) >= 11 is 0. The Balaban J connectivity index is 1.33. The number of hydrogen-bond acceptors (Lipinski definition) is 5. The number of pyridine rings is 1. The lowest BCUT2D eigenvalue weighted by Gasteiger charge is -2.31. The Bertz CT molecular complexity index is 1340. The number of anilines is 1. The number of amides is 1. The third-order valence-electron chi connectivity index (χ3n) is 6.16. The lowest BCUT2D eigenvalue weighted by atomic mass is 9.90. The molecule has 0 unspecified atom stereocenters. The molecule has 2 heterocycles. The summed E-state index contributed by atoms with van der Waals surface area (Å²) < 4.78 is 40.3. The molecular formula is C25H23F3N6O. The molecule has 1 aliphatic carbocycles. The number of para-hydroxylation sites is 2. The van der Waals surface area contributed by atoms with Crippen LogP contribution in [0.15, 0.2) is 67.0 Å². The number of hydrogen-bond donors (Lipinski definition) is 2. The molecule has 5 rings (SSSR count). The van der Waals surface area contributed by atoms with Crippen molar-refractivity contribution in [3.8, 4) is 5.69 Å². The van der Waals surface area contributed by atoms with E-state index in [0.717, 1.165) is 25.3 Å². The van der Waals surface area contributed by atoms with E-state index in [9.17, 15) is 18.0 Å². The SMILES string of the molecule is O=C(N[C@@H]1CCC[C@H](Nc2cc(C(F)(F)F)nc3ccccc23)C1)c1ccccc1-n1nccn1. The molecule has 0 spiro atoms. The van der Waals surface area contributed by atoms with Gasteiger partial charge in [0.05, 0.1) is 29.2 Å². The zero-order valence-electron chi connectivity index (χ0n) is 18.7. The fourth-order valence-corrected chi connectivity index (χ4v) is 4.56. The molecule has 0 aliphatic heterocycles. The highest BCUT2D eigenvalue weighted by atomic mass is 19.4. The van der Waals surface area contributed by atoms with E-state index >= 15 is 0 Å². The van der Waals surface area contributed by atoms with Gasteiger partial charge in [0, 0.05) is 23.2 Å². The molecule has 35 heavy (non-hydrogen) atoms. The van der Waals surface area contributed by atoms with E-state index in [1.165, 1.54) is 4.80 Å². The maximum Gasteiger partial charge on any atom is 0.433 e. The molecule has 2 N–H and O–H groups in total. The van der Waals surface area contributed by atoms with Crippen LogP contribution in [0.1, 0.15) is 41.7 Å². The van der Waals surface area contributed by atoms with Crippen LogP contribution >= 0.6 is 0 Å². The van der Waals surface area contributed by atoms with Gasteiger partial charge in [0.2, 0.25) is 0 Å². The first-order valence-corrected chi connectivity index (χ1v) is 11.4. The van der Waals surface area contributed by atoms with E-state index < -0.39 is 11.9 Å². The number of halogens is 3. The van der Waals surface area contributed by atoms with Gasteiger partial charge in [-0.3, -0.25) is 4.79 Å². The van der Waals surface area contributed by atoms with Crippen LogP contribution in [0.25, 0.3) is 16.6 Å². The van der Waals surface area contributed by atoms with Gasteiger partial charge in [-0.2, -0.15) is 28.2 Å². The quantitative estimate of drug-likeness (QED) is 0.421. The summed E-state index contributed by atoms with van der Waals surface area (Å²) in [5.41, 5.74) is 0.782. The number of carbonyl (C=O) groups is 1. The van der Waals surface area contributed by atoms with Crippen molar-refractivity contribution in [1.82, 2.24) is 25.3 Å². The highest BCUT2D eigenvalue weighted by Crippen LogP contribution is 2.34. The zero-order valence-corrected chi connectivity index (χ0v) is 18.7. The number of alkyl halides is 3. The van der Waals surface area contributed by atoms with Crippen LogP contribution in [0.5, 0.6) is 0 Å². The molecule has 0 radical (unpaired) electrons. The Morgan fingerprint density at radius 3 is 2.49 bits per heavy atom. The Kier molecular flexibility index (Phi) is 6.10. The van der Waals surface area contributed by atoms with Crippen molar-refractivity contribution >= 4 is 22.5 Å². The number of carbonyl (C=O) groups excluding carboxylic acids is 1. The van der Waals surface area contributed by atoms with Crippen LogP contribution < -0.4 is 10.6 Å². The van der Waals surface area contributed by atoms with Crippen molar-refractivity contribution < 1.29 is 18.0 Å². The lowest BCUT2D eigenvalue weighted by molar-refractivity contribution is -0.140. The third kappa shape index (κ3) is 4.96. The number of aromatic nitrogens is 4. The van der Waals surface area contributed by atoms with Crippen molar-refractivity contribution in [2.45, 2.75) is 43.9 Å². The second kappa shape index (κ2) is 9.36. The van der Waals surface area contributed by atoms with Gasteiger partial charge >= 0.3 is 6.18 Å². The summed E-state index contributed by atoms with van der Waals surface area (Å²) in [5, 5.41) is 15.2. The van der Waals surface area contributed by atoms with Gasteiger partial charge < -0.3 is 10.6 Å². The van der Waals surface area contributed by atoms with Crippen LogP contribution in [0, 0.1) is 0 Å². The number of rotatable bonds is 5. The van der Waals surface area contributed by atoms with Crippen LogP contribution in [0.4, 0.5) is 18.9 Å². The minimum atomic E-state index is -4.54. The van der Waals surface area contributed by atoms with Gasteiger partial charge in [0.1, 0.15) is 5.69 Å². The number of nitrogens with one attached hydrogen (secondary N) is 2. The predicted octanol–water partition coefficient (Wildman–Crippen LogP) is 4.99. The molecule has 2 atom stereocenters. The highest BCUT2D eigenvalue weighted by molar-refractivity contribution is 5.98. The summed E-state index contributed by atoms with van der Waals surface area (Å²) in [5.74, 6) is -0.239. The van der Waals surface area contributed by atoms with Gasteiger partial charge in [-0.25, -0.2) is 4.98 Å². The van der Waals surface area contributed by atoms with Gasteiger partial charge in [0.15, 0.2) is 0 Å². The van der Waals surface area contributed by atoms with Crippen LogP contribution in [-0.2, 0) is 6.18 Å². The maximum atomic E-state index is 13.4. The van der Waals surface area contributed by atoms with Crippen molar-refractivity contribution in [2.24, 2.45) is 0 Å². The van der Waals surface area contributed by atoms with E-state index in [-0.39, 0.29) is 23.5 Å². The van der Waals surface area contributed by atoms with Gasteiger partial charge in [-0.05, 0) is 49.9 Å². The smallest absolute Gasteiger partial charge is 0.382 e. The normalized spacial score (nSPS) is 18.4. The van der Waals surface area contributed by atoms with Crippen molar-refractivity contribution in [2.75, 3.05) is 5.32 Å². The summed E-state index contributed by atoms with van der Waals surface area (Å²) in [7, 11) is 0. The average Bonchev–Trinajstić information content (AvgIpc) is 3.39. The monoisotopic (exact) mass is 480 g/mol. The van der Waals surface area contributed by atoms with E-state index in [1.54, 1.807) is 54.9 Å². The summed E-state index contributed by atoms with van der Waals surface area (Å²) in [6.45, 7) is 0. The first-order chi connectivity index (χ1) is 16.9. The topological polar surface area (TPSA) is 84.7 Å². The molecule has 2 aromatic heterocycles. The van der Waals surface area contributed by atoms with Gasteiger partial charge in [-0.15, -0.1) is 0 Å². The molecular weight excluding hydrogens is 457 g/mol. The Morgan fingerprint density at radius 1 is 0.971 bits per heavy atom. The predicted molar refractivity (Wildman–Crippen MR) is 125 cm³/mol. The lowest BCUT2D eigenvalue weighted by Crippen LogP contribution is -2.42. The third-order valence-corrected chi connectivity index (χ3v) is 6.16. The van der Waals surface area contributed by atoms with Gasteiger partial charge in [0.25, 0.3) is 5.91 Å². The van der Waals surface area contributed by atoms with E-state index in [2.05, 4.69) is 25.8 Å². The fraction of sp³-hybridized carbons (Fsp3) is 0.280. The molecule has 1 aliphatic rings. The van der Waals surface area contributed by atoms with E-state index in [4.69, 9.17) is 0 Å². The fourth-order valence-electron chi connectivity index (χ4n) is 4.56. The number of nitrogens with zero attached hydrogens (tertiary/aromatic N) is 4. The molecule has 0 bridgehead atoms. The first-order valence-electron chi connectivity index (χ1n) is 11.4. The molecule has 0 saturated heterocycles. The largest absolute Gasteiger partial charge is 0.433 e. The molecule has 180 valence electrons. The molecule has 10 heteroatoms. The standard InChI is InChI=1S/C25H23F3N6O/c26-25(27,28)23-15-21(18-8-1-3-10-20(18)33-23)31-16-6-5-7-17(14-16)32-24(35)19-9-2-4-11-22(19)34-29-12-13-30-34/h1-4,8-13,15-17H,5-7,14H2,(H,31,33)(H,32,35)/t16-,17+/m0/s1. The van der Waals surface area contributed by atoms with Crippen LogP contribution in [0.2, 0.25) is 0 Å². The van der Waals surface area contributed by atoms with E-state index in [0.29, 0.717) is 28.7 Å². The molecule has 1 amide bonds. The Morgan fingerprint density at radius 2 is 1.69 bits per heavy atom. The second-order valence-electron chi connectivity index (χ2n) is 8.58. The minimum Gasteiger partial charge on any atom is -0.382 e. The molecule has 4 aromatic rings. The molecule has 2 aromatic carbocycles. The van der Waals surface area contributed by atoms with Gasteiger partial charge in [-0.1, -0.05) is 30.3 Å². The van der Waals surface area contributed by atoms with Crippen LogP contribution in [-0.4, -0.2) is 38.0 Å². The summed E-state index contributed by atoms with van der Waals surface area (Å²) in [4.78, 5) is 18.3. The summed E-state index contributed by atoms with van der Waals surface area (Å²) in [6.07, 6.45) is 1.54. The molecule has 1 saturated carbocycles. The minimum absolute atomic E-state index is 0.0936. The van der Waals surface area contributed by atoms with Crippen molar-refractivity contribution in [1.29, 1.82) is 0 Å². The number of benzene rings is 2. The average molecular weight is 480 g/mol. The van der Waals surface area contributed by atoms with Crippen molar-refractivity contribution in [3.63, 3.8) is 0 Å². The molecule has 7 nitrogen and oxygen atoms in total. The summed E-state index contributed by atoms with van der Waals surface area (Å²) in [6, 6.07) is 14.7. The second-order valence-corrected chi connectivity index (χ2v) is 8.58. The zero-order chi connectivity index (χ0) is 24.4. The first kappa shape index (κ1) is 22.8. The Labute approximate surface area is 199 Å².